The second-order valence-electron chi connectivity index (χ2n) is 7.77. The first-order valence-corrected chi connectivity index (χ1v) is 8.59. The Balaban J connectivity index is 1.75. The van der Waals surface area contributed by atoms with Gasteiger partial charge >= 0.3 is 6.09 Å². The number of likely N-dealkylation sites (tertiary alicyclic amines) is 1. The van der Waals surface area contributed by atoms with Gasteiger partial charge in [0.15, 0.2) is 0 Å². The summed E-state index contributed by atoms with van der Waals surface area (Å²) in [7, 11) is 0. The summed E-state index contributed by atoms with van der Waals surface area (Å²) in [5, 5.41) is 3.75. The van der Waals surface area contributed by atoms with Gasteiger partial charge in [-0.05, 0) is 52.9 Å². The summed E-state index contributed by atoms with van der Waals surface area (Å²) in [4.78, 5) is 13.9. The van der Waals surface area contributed by atoms with Crippen LogP contribution >= 0.6 is 0 Å². The van der Waals surface area contributed by atoms with Crippen molar-refractivity contribution in [3.8, 4) is 0 Å². The fraction of sp³-hybridized carbons (Fsp3) is 0.941. The Morgan fingerprint density at radius 2 is 1.86 bits per heavy atom. The normalized spacial score (nSPS) is 25.9. The summed E-state index contributed by atoms with van der Waals surface area (Å²) in [5.41, 5.74) is -0.405. The lowest BCUT2D eigenvalue weighted by Crippen LogP contribution is -2.44. The second kappa shape index (κ2) is 6.99. The van der Waals surface area contributed by atoms with Crippen LogP contribution in [0.15, 0.2) is 0 Å². The van der Waals surface area contributed by atoms with Crippen LogP contribution in [-0.2, 0) is 4.74 Å². The molecule has 2 fully saturated rings. The van der Waals surface area contributed by atoms with E-state index >= 15 is 0 Å². The van der Waals surface area contributed by atoms with E-state index in [4.69, 9.17) is 4.74 Å². The highest BCUT2D eigenvalue weighted by atomic mass is 16.6. The van der Waals surface area contributed by atoms with Crippen molar-refractivity contribution in [2.45, 2.75) is 83.9 Å². The standard InChI is InChI=1S/C17H32N2O2/c1-13(14-8-6-5-7-9-14)18-15-10-11-19(12-15)16(20)21-17(2,3)4/h13-15,18H,5-12H2,1-4H3/t13-,15?/m1/s1. The zero-order chi connectivity index (χ0) is 15.5. The van der Waals surface area contributed by atoms with Crippen molar-refractivity contribution in [1.29, 1.82) is 0 Å². The Bertz CT molecular complexity index is 345. The summed E-state index contributed by atoms with van der Waals surface area (Å²) >= 11 is 0. The lowest BCUT2D eigenvalue weighted by molar-refractivity contribution is 0.0290. The molecule has 1 aliphatic heterocycles. The highest BCUT2D eigenvalue weighted by Crippen LogP contribution is 2.27. The molecule has 0 aromatic heterocycles. The van der Waals surface area contributed by atoms with Crippen LogP contribution in [-0.4, -0.2) is 41.8 Å². The van der Waals surface area contributed by atoms with E-state index in [-0.39, 0.29) is 6.09 Å². The van der Waals surface area contributed by atoms with Crippen molar-refractivity contribution in [1.82, 2.24) is 10.2 Å². The van der Waals surface area contributed by atoms with Gasteiger partial charge in [-0.3, -0.25) is 0 Å². The molecule has 0 aromatic carbocycles. The van der Waals surface area contributed by atoms with Crippen LogP contribution in [0.25, 0.3) is 0 Å². The number of nitrogens with zero attached hydrogens (tertiary/aromatic N) is 1. The van der Waals surface area contributed by atoms with Crippen molar-refractivity contribution >= 4 is 6.09 Å². The Labute approximate surface area is 129 Å². The van der Waals surface area contributed by atoms with Crippen molar-refractivity contribution in [2.24, 2.45) is 5.92 Å². The van der Waals surface area contributed by atoms with Crippen molar-refractivity contribution in [3.05, 3.63) is 0 Å². The third-order valence-corrected chi connectivity index (χ3v) is 4.70. The zero-order valence-electron chi connectivity index (χ0n) is 14.2. The summed E-state index contributed by atoms with van der Waals surface area (Å²) < 4.78 is 5.45. The number of carbonyl (C=O) groups excluding carboxylic acids is 1. The predicted molar refractivity (Wildman–Crippen MR) is 85.4 cm³/mol. The molecule has 1 amide bonds. The zero-order valence-corrected chi connectivity index (χ0v) is 14.2. The summed E-state index contributed by atoms with van der Waals surface area (Å²) in [5.74, 6) is 0.814. The molecule has 0 radical (unpaired) electrons. The molecule has 21 heavy (non-hydrogen) atoms. The fourth-order valence-electron chi connectivity index (χ4n) is 3.53. The van der Waals surface area contributed by atoms with Gasteiger partial charge in [0.25, 0.3) is 0 Å². The van der Waals surface area contributed by atoms with Gasteiger partial charge in [0.05, 0.1) is 0 Å². The lowest BCUT2D eigenvalue weighted by Gasteiger charge is -2.30. The van der Waals surface area contributed by atoms with Crippen molar-refractivity contribution in [2.75, 3.05) is 13.1 Å². The summed E-state index contributed by atoms with van der Waals surface area (Å²) in [6.45, 7) is 9.66. The Morgan fingerprint density at radius 3 is 2.48 bits per heavy atom. The maximum Gasteiger partial charge on any atom is 0.410 e. The molecular formula is C17H32N2O2. The molecule has 2 rings (SSSR count). The maximum atomic E-state index is 12.1. The van der Waals surface area contributed by atoms with E-state index in [2.05, 4.69) is 12.2 Å². The number of hydrogen-bond acceptors (Lipinski definition) is 3. The second-order valence-corrected chi connectivity index (χ2v) is 7.77. The molecule has 4 nitrogen and oxygen atoms in total. The van der Waals surface area contributed by atoms with Gasteiger partial charge in [-0.1, -0.05) is 19.3 Å². The monoisotopic (exact) mass is 296 g/mol. The first kappa shape index (κ1) is 16.6. The average Bonchev–Trinajstić information content (AvgIpc) is 2.86. The molecule has 1 N–H and O–H groups in total. The Morgan fingerprint density at radius 1 is 1.19 bits per heavy atom. The summed E-state index contributed by atoms with van der Waals surface area (Å²) in [6, 6.07) is 0.989. The van der Waals surface area contributed by atoms with Crippen LogP contribution in [0.2, 0.25) is 0 Å². The molecule has 1 heterocycles. The van der Waals surface area contributed by atoms with E-state index in [0.717, 1.165) is 25.4 Å². The molecule has 2 aliphatic rings. The van der Waals surface area contributed by atoms with Crippen LogP contribution in [0.5, 0.6) is 0 Å². The molecular weight excluding hydrogens is 264 g/mol. The van der Waals surface area contributed by atoms with Crippen LogP contribution < -0.4 is 5.32 Å². The van der Waals surface area contributed by atoms with Gasteiger partial charge in [-0.2, -0.15) is 0 Å². The number of rotatable bonds is 3. The largest absolute Gasteiger partial charge is 0.444 e. The van der Waals surface area contributed by atoms with Crippen LogP contribution in [0.1, 0.15) is 66.2 Å². The first-order chi connectivity index (χ1) is 9.85. The molecule has 4 heteroatoms. The average molecular weight is 296 g/mol. The predicted octanol–water partition coefficient (Wildman–Crippen LogP) is 3.55. The Hall–Kier alpha value is -0.770. The van der Waals surface area contributed by atoms with Gasteiger partial charge < -0.3 is 15.0 Å². The molecule has 0 spiro atoms. The van der Waals surface area contributed by atoms with Crippen LogP contribution in [0.4, 0.5) is 4.79 Å². The number of carbonyl (C=O) groups is 1. The molecule has 2 atom stereocenters. The number of nitrogens with one attached hydrogen (secondary N) is 1. The first-order valence-electron chi connectivity index (χ1n) is 8.59. The number of hydrogen-bond donors (Lipinski definition) is 1. The number of ether oxygens (including phenoxy) is 1. The lowest BCUT2D eigenvalue weighted by atomic mass is 9.84. The van der Waals surface area contributed by atoms with Crippen molar-refractivity contribution in [3.63, 3.8) is 0 Å². The van der Waals surface area contributed by atoms with E-state index in [0.29, 0.717) is 12.1 Å². The molecule has 0 bridgehead atoms. The molecule has 122 valence electrons. The third-order valence-electron chi connectivity index (χ3n) is 4.70. The maximum absolute atomic E-state index is 12.1. The van der Waals surface area contributed by atoms with Crippen molar-refractivity contribution < 1.29 is 9.53 Å². The minimum Gasteiger partial charge on any atom is -0.444 e. The fourth-order valence-corrected chi connectivity index (χ4v) is 3.53. The number of amides is 1. The molecule has 0 aromatic rings. The van der Waals surface area contributed by atoms with E-state index < -0.39 is 5.60 Å². The van der Waals surface area contributed by atoms with Gasteiger partial charge in [0.2, 0.25) is 0 Å². The molecule has 1 unspecified atom stereocenters. The highest BCUT2D eigenvalue weighted by Gasteiger charge is 2.31. The minimum absolute atomic E-state index is 0.169. The van der Waals surface area contributed by atoms with E-state index in [1.807, 2.05) is 25.7 Å². The van der Waals surface area contributed by atoms with Crippen LogP contribution in [0.3, 0.4) is 0 Å². The van der Waals surface area contributed by atoms with Gasteiger partial charge in [-0.15, -0.1) is 0 Å². The van der Waals surface area contributed by atoms with E-state index in [9.17, 15) is 4.79 Å². The molecule has 1 saturated heterocycles. The van der Waals surface area contributed by atoms with E-state index in [1.54, 1.807) is 0 Å². The SMILES string of the molecule is C[C@@H](NC1CCN(C(=O)OC(C)(C)C)C1)C1CCCCC1. The Kier molecular flexibility index (Phi) is 5.53. The molecule has 1 saturated carbocycles. The minimum atomic E-state index is -0.405. The topological polar surface area (TPSA) is 41.6 Å². The smallest absolute Gasteiger partial charge is 0.410 e. The highest BCUT2D eigenvalue weighted by molar-refractivity contribution is 5.68. The third kappa shape index (κ3) is 5.17. The van der Waals surface area contributed by atoms with Crippen LogP contribution in [0, 0.1) is 5.92 Å². The van der Waals surface area contributed by atoms with Gasteiger partial charge in [0.1, 0.15) is 5.60 Å². The van der Waals surface area contributed by atoms with E-state index in [1.165, 1.54) is 32.1 Å². The summed E-state index contributed by atoms with van der Waals surface area (Å²) in [6.07, 6.45) is 7.75. The van der Waals surface area contributed by atoms with Gasteiger partial charge in [0, 0.05) is 25.2 Å². The van der Waals surface area contributed by atoms with Gasteiger partial charge in [-0.25, -0.2) is 4.79 Å². The molecule has 1 aliphatic carbocycles. The quantitative estimate of drug-likeness (QED) is 0.866.